The van der Waals surface area contributed by atoms with Crippen molar-refractivity contribution >= 4 is 68.3 Å². The van der Waals surface area contributed by atoms with E-state index in [9.17, 15) is 14.4 Å². The van der Waals surface area contributed by atoms with E-state index in [1.54, 1.807) is 50.2 Å². The van der Waals surface area contributed by atoms with Crippen molar-refractivity contribution < 1.29 is 23.9 Å². The number of nitrogens with one attached hydrogen (secondary N) is 1. The number of nitrogens with zero attached hydrogens (tertiary/aromatic N) is 1. The molecule has 0 aliphatic rings. The largest absolute Gasteiger partial charge is 0.465 e. The van der Waals surface area contributed by atoms with Crippen molar-refractivity contribution in [1.82, 2.24) is 4.98 Å². The highest BCUT2D eigenvalue weighted by Gasteiger charge is 2.28. The molecule has 0 aliphatic carbocycles. The second-order valence-corrected chi connectivity index (χ2v) is 9.66. The molecular formula is C26H20Cl2N2O5S. The number of rotatable bonds is 5. The third-order valence-electron chi connectivity index (χ3n) is 5.68. The molecule has 0 saturated heterocycles. The predicted octanol–water partition coefficient (Wildman–Crippen LogP) is 6.71. The Kier molecular flexibility index (Phi) is 7.31. The summed E-state index contributed by atoms with van der Waals surface area (Å²) in [7, 11) is 2.47. The molecule has 0 fully saturated rings. The number of carbonyl (C=O) groups is 3. The lowest BCUT2D eigenvalue weighted by Gasteiger charge is -2.15. The topological polar surface area (TPSA) is 94.6 Å². The van der Waals surface area contributed by atoms with E-state index < -0.39 is 17.8 Å². The first-order valence-electron chi connectivity index (χ1n) is 10.6. The van der Waals surface area contributed by atoms with E-state index in [2.05, 4.69) is 5.32 Å². The van der Waals surface area contributed by atoms with Gasteiger partial charge in [0.1, 0.15) is 9.88 Å². The fourth-order valence-corrected chi connectivity index (χ4v) is 5.55. The molecule has 0 bridgehead atoms. The fraction of sp³-hybridized carbons (Fsp3) is 0.154. The first kappa shape index (κ1) is 25.6. The van der Waals surface area contributed by atoms with Crippen LogP contribution in [0.25, 0.3) is 22.2 Å². The van der Waals surface area contributed by atoms with Crippen LogP contribution in [0.2, 0.25) is 10.0 Å². The van der Waals surface area contributed by atoms with Gasteiger partial charge in [-0.2, -0.15) is 0 Å². The number of hydrogen-bond donors (Lipinski definition) is 1. The van der Waals surface area contributed by atoms with Crippen molar-refractivity contribution in [2.24, 2.45) is 0 Å². The maximum Gasteiger partial charge on any atom is 0.348 e. The zero-order valence-corrected chi connectivity index (χ0v) is 22.0. The number of para-hydroxylation sites is 1. The number of pyridine rings is 1. The van der Waals surface area contributed by atoms with Crippen molar-refractivity contribution in [2.75, 3.05) is 19.5 Å². The highest BCUT2D eigenvalue weighted by atomic mass is 35.5. The van der Waals surface area contributed by atoms with Crippen molar-refractivity contribution in [3.8, 4) is 11.3 Å². The van der Waals surface area contributed by atoms with Crippen LogP contribution in [-0.4, -0.2) is 37.0 Å². The van der Waals surface area contributed by atoms with Crippen LogP contribution in [0.15, 0.2) is 42.5 Å². The van der Waals surface area contributed by atoms with E-state index in [-0.39, 0.29) is 15.4 Å². The van der Waals surface area contributed by atoms with Gasteiger partial charge in [0.05, 0.1) is 41.6 Å². The normalized spacial score (nSPS) is 10.8. The van der Waals surface area contributed by atoms with Crippen LogP contribution in [0.5, 0.6) is 0 Å². The van der Waals surface area contributed by atoms with Gasteiger partial charge in [-0.05, 0) is 49.2 Å². The van der Waals surface area contributed by atoms with E-state index in [1.807, 2.05) is 6.07 Å². The number of ether oxygens (including phenoxy) is 2. The van der Waals surface area contributed by atoms with Gasteiger partial charge in [-0.3, -0.25) is 4.79 Å². The Labute approximate surface area is 221 Å². The summed E-state index contributed by atoms with van der Waals surface area (Å²) in [6, 6.07) is 12.3. The first-order valence-corrected chi connectivity index (χ1v) is 12.2. The van der Waals surface area contributed by atoms with Crippen molar-refractivity contribution in [1.29, 1.82) is 0 Å². The number of benzene rings is 2. The standard InChI is InChI=1S/C26H20Cl2N2O5S/c1-12-19(23(31)30-24-20(25(32)34-3)13(2)22(36-24)26(33)35-4)16-7-5-6-8-18(16)29-21(12)15-10-9-14(27)11-17(15)28/h5-11H,1-4H3,(H,30,31). The van der Waals surface area contributed by atoms with Crippen LogP contribution in [0.1, 0.15) is 41.5 Å². The molecule has 2 heterocycles. The van der Waals surface area contributed by atoms with Crippen LogP contribution in [0.3, 0.4) is 0 Å². The van der Waals surface area contributed by atoms with E-state index in [1.165, 1.54) is 14.2 Å². The maximum atomic E-state index is 13.7. The monoisotopic (exact) mass is 542 g/mol. The molecular weight excluding hydrogens is 523 g/mol. The number of anilines is 1. The summed E-state index contributed by atoms with van der Waals surface area (Å²) in [6.07, 6.45) is 0. The number of esters is 2. The minimum absolute atomic E-state index is 0.0910. The number of carbonyl (C=O) groups excluding carboxylic acids is 3. The summed E-state index contributed by atoms with van der Waals surface area (Å²) in [5, 5.41) is 4.47. The van der Waals surface area contributed by atoms with Crippen LogP contribution in [0.4, 0.5) is 5.00 Å². The molecule has 2 aromatic carbocycles. The van der Waals surface area contributed by atoms with Crippen molar-refractivity contribution in [3.63, 3.8) is 0 Å². The molecule has 0 unspecified atom stereocenters. The molecule has 4 aromatic rings. The molecule has 0 spiro atoms. The average molecular weight is 543 g/mol. The summed E-state index contributed by atoms with van der Waals surface area (Å²) in [6.45, 7) is 3.37. The Morgan fingerprint density at radius 3 is 2.28 bits per heavy atom. The number of aromatic nitrogens is 1. The van der Waals surface area contributed by atoms with E-state index in [4.69, 9.17) is 37.7 Å². The minimum atomic E-state index is -0.681. The summed E-state index contributed by atoms with van der Waals surface area (Å²) in [4.78, 5) is 43.5. The molecule has 4 rings (SSSR count). The fourth-order valence-electron chi connectivity index (χ4n) is 3.95. The zero-order chi connectivity index (χ0) is 26.1. The third-order valence-corrected chi connectivity index (χ3v) is 7.42. The van der Waals surface area contributed by atoms with E-state index in [0.717, 1.165) is 11.3 Å². The first-order chi connectivity index (χ1) is 17.2. The Morgan fingerprint density at radius 2 is 1.61 bits per heavy atom. The zero-order valence-electron chi connectivity index (χ0n) is 19.7. The van der Waals surface area contributed by atoms with Crippen molar-refractivity contribution in [3.05, 3.63) is 79.6 Å². The summed E-state index contributed by atoms with van der Waals surface area (Å²) < 4.78 is 9.72. The Hall–Kier alpha value is -3.46. The average Bonchev–Trinajstić information content (AvgIpc) is 3.18. The van der Waals surface area contributed by atoms with Crippen LogP contribution in [0, 0.1) is 13.8 Å². The third kappa shape index (κ3) is 4.55. The molecule has 1 N–H and O–H groups in total. The molecule has 7 nitrogen and oxygen atoms in total. The number of halogens is 2. The maximum absolute atomic E-state index is 13.7. The summed E-state index contributed by atoms with van der Waals surface area (Å²) in [5.74, 6) is -1.78. The number of methoxy groups -OCH3 is 2. The molecule has 36 heavy (non-hydrogen) atoms. The molecule has 10 heteroatoms. The lowest BCUT2D eigenvalue weighted by Crippen LogP contribution is -2.17. The molecule has 0 aliphatic heterocycles. The highest BCUT2D eigenvalue weighted by molar-refractivity contribution is 7.18. The minimum Gasteiger partial charge on any atom is -0.465 e. The van der Waals surface area contributed by atoms with E-state index in [0.29, 0.717) is 48.9 Å². The molecule has 0 saturated carbocycles. The van der Waals surface area contributed by atoms with Gasteiger partial charge in [0.25, 0.3) is 5.91 Å². The lowest BCUT2D eigenvalue weighted by atomic mass is 9.97. The SMILES string of the molecule is COC(=O)c1sc(NC(=O)c2c(C)c(-c3ccc(Cl)cc3Cl)nc3ccccc23)c(C(=O)OC)c1C. The summed E-state index contributed by atoms with van der Waals surface area (Å²) >= 11 is 13.5. The number of amides is 1. The molecule has 0 radical (unpaired) electrons. The van der Waals surface area contributed by atoms with Crippen LogP contribution in [-0.2, 0) is 9.47 Å². The summed E-state index contributed by atoms with van der Waals surface area (Å²) in [5.41, 5.74) is 3.10. The molecule has 0 atom stereocenters. The van der Waals surface area contributed by atoms with Gasteiger partial charge in [-0.25, -0.2) is 14.6 Å². The van der Waals surface area contributed by atoms with Gasteiger partial charge < -0.3 is 14.8 Å². The number of thiophene rings is 1. The molecule has 1 amide bonds. The van der Waals surface area contributed by atoms with E-state index >= 15 is 0 Å². The molecule has 2 aromatic heterocycles. The quantitative estimate of drug-likeness (QED) is 0.281. The van der Waals surface area contributed by atoms with Gasteiger partial charge in [-0.1, -0.05) is 41.4 Å². The highest BCUT2D eigenvalue weighted by Crippen LogP contribution is 2.37. The van der Waals surface area contributed by atoms with Crippen LogP contribution < -0.4 is 5.32 Å². The predicted molar refractivity (Wildman–Crippen MR) is 142 cm³/mol. The smallest absolute Gasteiger partial charge is 0.348 e. The Balaban J connectivity index is 1.89. The van der Waals surface area contributed by atoms with Gasteiger partial charge in [0, 0.05) is 16.0 Å². The van der Waals surface area contributed by atoms with Gasteiger partial charge in [0.15, 0.2) is 0 Å². The second kappa shape index (κ2) is 10.3. The second-order valence-electron chi connectivity index (χ2n) is 7.80. The Bertz CT molecular complexity index is 1550. The lowest BCUT2D eigenvalue weighted by molar-refractivity contribution is 0.0601. The number of fused-ring (bicyclic) bond motifs is 1. The van der Waals surface area contributed by atoms with Gasteiger partial charge in [-0.15, -0.1) is 11.3 Å². The molecule has 184 valence electrons. The Morgan fingerprint density at radius 1 is 0.917 bits per heavy atom. The van der Waals surface area contributed by atoms with Crippen LogP contribution >= 0.6 is 34.5 Å². The van der Waals surface area contributed by atoms with Crippen molar-refractivity contribution in [2.45, 2.75) is 13.8 Å². The number of hydrogen-bond acceptors (Lipinski definition) is 7. The van der Waals surface area contributed by atoms with Gasteiger partial charge >= 0.3 is 11.9 Å². The van der Waals surface area contributed by atoms with Gasteiger partial charge in [0.2, 0.25) is 0 Å².